The summed E-state index contributed by atoms with van der Waals surface area (Å²) in [5.74, 6) is 2.09. The van der Waals surface area contributed by atoms with E-state index in [1.54, 1.807) is 31.5 Å². The highest BCUT2D eigenvalue weighted by Crippen LogP contribution is 2.44. The number of rotatable bonds is 8. The lowest BCUT2D eigenvalue weighted by Crippen LogP contribution is -2.44. The molecule has 1 saturated heterocycles. The van der Waals surface area contributed by atoms with Gasteiger partial charge in [-0.25, -0.2) is 0 Å². The standard InChI is InChI=1S/C30H35IN10OS/c1-19-17-24(25(42-5)18-23(19)40-15-13-37(2)14-16-40)38(3)30-35-28-20(9-10-34-28)29(36-30)41(31)22-8-7-21-26(33-12-11-32-21)27(22)39(4)43-6/h7-12,17-18H,13-16H2,1-6H3,(H,34,35,36). The number of hydrogen-bond acceptors (Lipinski definition) is 11. The number of benzene rings is 2. The minimum Gasteiger partial charge on any atom is -0.494 e. The summed E-state index contributed by atoms with van der Waals surface area (Å²) < 4.78 is 10.1. The average Bonchev–Trinajstić information content (AvgIpc) is 3.52. The second-order valence-electron chi connectivity index (χ2n) is 10.6. The Balaban J connectivity index is 1.43. The number of ether oxygens (including phenoxy) is 1. The first kappa shape index (κ1) is 29.5. The van der Waals surface area contributed by atoms with Crippen molar-refractivity contribution in [3.63, 3.8) is 0 Å². The summed E-state index contributed by atoms with van der Waals surface area (Å²) in [6.07, 6.45) is 7.39. The summed E-state index contributed by atoms with van der Waals surface area (Å²) >= 11 is 3.94. The fraction of sp³-hybridized carbons (Fsp3) is 0.333. The van der Waals surface area contributed by atoms with Crippen LogP contribution in [-0.4, -0.2) is 90.5 Å². The third-order valence-electron chi connectivity index (χ3n) is 7.97. The van der Waals surface area contributed by atoms with Crippen LogP contribution >= 0.6 is 34.8 Å². The van der Waals surface area contributed by atoms with Gasteiger partial charge in [-0.3, -0.25) is 13.1 Å². The molecule has 6 rings (SSSR count). The maximum absolute atomic E-state index is 5.94. The Hall–Kier alpha value is -3.56. The molecule has 13 heteroatoms. The number of nitrogens with zero attached hydrogens (tertiary/aromatic N) is 9. The number of piperazine rings is 1. The summed E-state index contributed by atoms with van der Waals surface area (Å²) in [5.41, 5.74) is 7.61. The second kappa shape index (κ2) is 12.2. The number of halogens is 1. The molecule has 0 unspecified atom stereocenters. The van der Waals surface area contributed by atoms with Crippen molar-refractivity contribution in [2.24, 2.45) is 0 Å². The number of anilines is 6. The molecule has 5 aromatic rings. The Morgan fingerprint density at radius 3 is 2.51 bits per heavy atom. The lowest BCUT2D eigenvalue weighted by Gasteiger charge is -2.35. The maximum atomic E-state index is 5.94. The molecule has 0 atom stereocenters. The number of nitrogens with one attached hydrogen (secondary N) is 1. The number of aryl methyl sites for hydroxylation is 1. The number of hydrogen-bond donors (Lipinski definition) is 1. The quantitative estimate of drug-likeness (QED) is 0.118. The predicted molar refractivity (Wildman–Crippen MR) is 187 cm³/mol. The molecule has 1 fully saturated rings. The van der Waals surface area contributed by atoms with Crippen LogP contribution in [0.5, 0.6) is 5.75 Å². The zero-order valence-electron chi connectivity index (χ0n) is 25.2. The number of aromatic nitrogens is 5. The molecule has 43 heavy (non-hydrogen) atoms. The van der Waals surface area contributed by atoms with Crippen molar-refractivity contribution < 1.29 is 4.74 Å². The Bertz CT molecular complexity index is 1770. The monoisotopic (exact) mass is 710 g/mol. The van der Waals surface area contributed by atoms with Gasteiger partial charge in [-0.05, 0) is 43.8 Å². The smallest absolute Gasteiger partial charge is 0.233 e. The zero-order valence-corrected chi connectivity index (χ0v) is 28.1. The highest BCUT2D eigenvalue weighted by Gasteiger charge is 2.25. The summed E-state index contributed by atoms with van der Waals surface area (Å²) in [4.78, 5) is 29.4. The van der Waals surface area contributed by atoms with Crippen LogP contribution in [0.3, 0.4) is 0 Å². The van der Waals surface area contributed by atoms with Crippen LogP contribution in [0, 0.1) is 6.92 Å². The fourth-order valence-electron chi connectivity index (χ4n) is 5.48. The fourth-order valence-corrected chi connectivity index (χ4v) is 6.60. The van der Waals surface area contributed by atoms with Crippen LogP contribution in [0.25, 0.3) is 22.1 Å². The van der Waals surface area contributed by atoms with Gasteiger partial charge >= 0.3 is 0 Å². The first-order chi connectivity index (χ1) is 20.8. The van der Waals surface area contributed by atoms with Crippen molar-refractivity contribution in [2.45, 2.75) is 6.92 Å². The van der Waals surface area contributed by atoms with E-state index in [2.05, 4.69) is 87.2 Å². The van der Waals surface area contributed by atoms with Gasteiger partial charge in [0.15, 0.2) is 5.82 Å². The van der Waals surface area contributed by atoms with Crippen LogP contribution in [0.1, 0.15) is 5.56 Å². The zero-order chi connectivity index (χ0) is 30.2. The number of fused-ring (bicyclic) bond motifs is 2. The first-order valence-corrected chi connectivity index (χ1v) is 16.1. The average molecular weight is 711 g/mol. The number of methoxy groups -OCH3 is 1. The maximum Gasteiger partial charge on any atom is 0.233 e. The molecule has 1 aliphatic rings. The van der Waals surface area contributed by atoms with E-state index in [9.17, 15) is 0 Å². The topological polar surface area (TPSA) is 92.8 Å². The van der Waals surface area contributed by atoms with Gasteiger partial charge < -0.3 is 28.7 Å². The molecule has 11 nitrogen and oxygen atoms in total. The molecule has 0 spiro atoms. The van der Waals surface area contributed by atoms with Gasteiger partial charge in [0.05, 0.1) is 57.9 Å². The van der Waals surface area contributed by atoms with Gasteiger partial charge in [0, 0.05) is 76.9 Å². The molecule has 0 saturated carbocycles. The third-order valence-corrected chi connectivity index (χ3v) is 9.67. The molecule has 1 aliphatic heterocycles. The first-order valence-electron chi connectivity index (χ1n) is 14.0. The van der Waals surface area contributed by atoms with E-state index in [0.29, 0.717) is 5.95 Å². The number of H-pyrrole nitrogens is 1. The molecule has 1 N–H and O–H groups in total. The van der Waals surface area contributed by atoms with Crippen molar-refractivity contribution in [2.75, 3.05) is 77.9 Å². The van der Waals surface area contributed by atoms with E-state index in [1.807, 2.05) is 43.6 Å². The molecule has 224 valence electrons. The van der Waals surface area contributed by atoms with Gasteiger partial charge in [0.1, 0.15) is 16.9 Å². The predicted octanol–water partition coefficient (Wildman–Crippen LogP) is 5.94. The van der Waals surface area contributed by atoms with Crippen molar-refractivity contribution in [3.05, 3.63) is 54.5 Å². The molecular weight excluding hydrogens is 675 g/mol. The molecule has 3 aromatic heterocycles. The molecule has 0 bridgehead atoms. The summed E-state index contributed by atoms with van der Waals surface area (Å²) in [6.45, 7) is 6.22. The molecule has 4 heterocycles. The van der Waals surface area contributed by atoms with Crippen molar-refractivity contribution in [1.82, 2.24) is 29.8 Å². The van der Waals surface area contributed by atoms with E-state index in [-0.39, 0.29) is 0 Å². The van der Waals surface area contributed by atoms with Crippen molar-refractivity contribution in [1.29, 1.82) is 0 Å². The van der Waals surface area contributed by atoms with Gasteiger partial charge in [0.2, 0.25) is 5.95 Å². The van der Waals surface area contributed by atoms with Crippen LogP contribution in [0.4, 0.5) is 34.5 Å². The van der Waals surface area contributed by atoms with E-state index < -0.39 is 0 Å². The molecule has 0 radical (unpaired) electrons. The SMILES string of the molecule is COc1cc(N2CCN(C)CC2)c(C)cc1N(C)c1nc(N(I)c2ccc3nccnc3c2N(C)SC)c2cc[nH]c2n1. The van der Waals surface area contributed by atoms with Gasteiger partial charge in [0.25, 0.3) is 0 Å². The summed E-state index contributed by atoms with van der Waals surface area (Å²) in [6, 6.07) is 10.4. The van der Waals surface area contributed by atoms with Gasteiger partial charge in [-0.1, -0.05) is 11.9 Å². The normalized spacial score (nSPS) is 14.0. The summed E-state index contributed by atoms with van der Waals surface area (Å²) in [5, 5.41) is 0.914. The third kappa shape index (κ3) is 5.49. The van der Waals surface area contributed by atoms with Crippen LogP contribution in [-0.2, 0) is 0 Å². The van der Waals surface area contributed by atoms with Crippen molar-refractivity contribution in [3.8, 4) is 5.75 Å². The highest BCUT2D eigenvalue weighted by atomic mass is 127. The van der Waals surface area contributed by atoms with E-state index in [0.717, 1.165) is 76.9 Å². The van der Waals surface area contributed by atoms with Gasteiger partial charge in [-0.15, -0.1) is 0 Å². The minimum atomic E-state index is 0.553. The van der Waals surface area contributed by atoms with Crippen LogP contribution in [0.15, 0.2) is 48.9 Å². The largest absolute Gasteiger partial charge is 0.494 e. The molecule has 0 amide bonds. The van der Waals surface area contributed by atoms with Crippen LogP contribution < -0.4 is 22.0 Å². The van der Waals surface area contributed by atoms with Crippen LogP contribution in [0.2, 0.25) is 0 Å². The Labute approximate surface area is 269 Å². The molecular formula is C30H35IN10OS. The van der Waals surface area contributed by atoms with E-state index in [4.69, 9.17) is 14.7 Å². The number of aromatic amines is 1. The molecule has 0 aliphatic carbocycles. The van der Waals surface area contributed by atoms with E-state index >= 15 is 0 Å². The minimum absolute atomic E-state index is 0.553. The van der Waals surface area contributed by atoms with E-state index in [1.165, 1.54) is 11.3 Å². The van der Waals surface area contributed by atoms with Gasteiger partial charge in [-0.2, -0.15) is 9.97 Å². The second-order valence-corrected chi connectivity index (χ2v) is 12.4. The Kier molecular flexibility index (Phi) is 8.38. The lowest BCUT2D eigenvalue weighted by molar-refractivity contribution is 0.312. The Morgan fingerprint density at radius 1 is 1.00 bits per heavy atom. The number of likely N-dealkylation sites (N-methyl/N-ethyl adjacent to an activating group) is 1. The molecule has 2 aromatic carbocycles. The van der Waals surface area contributed by atoms with Crippen molar-refractivity contribution >= 4 is 91.4 Å². The lowest BCUT2D eigenvalue weighted by atomic mass is 10.1. The Morgan fingerprint density at radius 2 is 1.77 bits per heavy atom. The summed E-state index contributed by atoms with van der Waals surface area (Å²) in [7, 11) is 7.91. The highest BCUT2D eigenvalue weighted by molar-refractivity contribution is 14.1.